The Bertz CT molecular complexity index is 1280. The monoisotopic (exact) mass is 482 g/mol. The Hall–Kier alpha value is -3.92. The molecule has 1 N–H and O–H groups in total. The van der Waals surface area contributed by atoms with E-state index in [1.165, 1.54) is 24.3 Å². The summed E-state index contributed by atoms with van der Waals surface area (Å²) < 4.78 is 15.8. The zero-order valence-corrected chi connectivity index (χ0v) is 19.5. The number of aliphatic hydroxyl groups excluding tert-OH is 1. The van der Waals surface area contributed by atoms with Gasteiger partial charge in [-0.05, 0) is 43.2 Å². The molecule has 1 aromatic carbocycles. The maximum absolute atomic E-state index is 13.3. The summed E-state index contributed by atoms with van der Waals surface area (Å²) in [5.74, 6) is -2.23. The van der Waals surface area contributed by atoms with Crippen LogP contribution >= 0.6 is 11.3 Å². The highest BCUT2D eigenvalue weighted by atomic mass is 32.1. The second-order valence-electron chi connectivity index (χ2n) is 7.47. The molecule has 3 heterocycles. The molecule has 1 atom stereocenters. The highest BCUT2D eigenvalue weighted by molar-refractivity contribution is 7.17. The van der Waals surface area contributed by atoms with E-state index < -0.39 is 29.5 Å². The SMILES string of the molecule is CCCOc1cccc(C2C(C(=O)c3ccco3)=C(O)C(=O)N2c2nc(C)c(C(=O)OC)s2)c1. The number of Topliss-reactive ketones (excluding diaryl/α,β-unsaturated/α-hetero) is 1. The third-order valence-corrected chi connectivity index (χ3v) is 6.34. The first kappa shape index (κ1) is 23.2. The molecule has 1 aliphatic heterocycles. The summed E-state index contributed by atoms with van der Waals surface area (Å²) in [5.41, 5.74) is 0.733. The van der Waals surface area contributed by atoms with Gasteiger partial charge in [-0.1, -0.05) is 30.4 Å². The zero-order valence-electron chi connectivity index (χ0n) is 18.7. The van der Waals surface area contributed by atoms with Gasteiger partial charge in [0.1, 0.15) is 10.6 Å². The normalized spacial score (nSPS) is 15.7. The summed E-state index contributed by atoms with van der Waals surface area (Å²) in [7, 11) is 1.25. The summed E-state index contributed by atoms with van der Waals surface area (Å²) in [6.07, 6.45) is 2.14. The van der Waals surface area contributed by atoms with Crippen molar-refractivity contribution in [1.29, 1.82) is 0 Å². The number of aliphatic hydroxyl groups is 1. The fraction of sp³-hybridized carbons (Fsp3) is 0.250. The first-order valence-corrected chi connectivity index (χ1v) is 11.3. The quantitative estimate of drug-likeness (QED) is 0.371. The van der Waals surface area contributed by atoms with Crippen molar-refractivity contribution >= 4 is 34.1 Å². The number of hydrogen-bond acceptors (Lipinski definition) is 9. The van der Waals surface area contributed by atoms with Crippen LogP contribution in [0.15, 0.2) is 58.4 Å². The average Bonchev–Trinajstić information content (AvgIpc) is 3.56. The number of amides is 1. The van der Waals surface area contributed by atoms with Gasteiger partial charge in [0.15, 0.2) is 16.7 Å². The number of carbonyl (C=O) groups excluding carboxylic acids is 3. The second-order valence-corrected chi connectivity index (χ2v) is 8.45. The topological polar surface area (TPSA) is 119 Å². The first-order valence-electron chi connectivity index (χ1n) is 10.5. The molecule has 9 nitrogen and oxygen atoms in total. The molecule has 34 heavy (non-hydrogen) atoms. The third kappa shape index (κ3) is 4.08. The number of nitrogens with zero attached hydrogens (tertiary/aromatic N) is 2. The number of ketones is 1. The number of carbonyl (C=O) groups is 3. The van der Waals surface area contributed by atoms with Crippen molar-refractivity contribution in [3.05, 3.63) is 75.9 Å². The molecule has 1 aliphatic rings. The largest absolute Gasteiger partial charge is 0.503 e. The van der Waals surface area contributed by atoms with Gasteiger partial charge in [-0.2, -0.15) is 0 Å². The number of esters is 1. The highest BCUT2D eigenvalue weighted by Gasteiger charge is 2.47. The lowest BCUT2D eigenvalue weighted by Crippen LogP contribution is -2.31. The zero-order chi connectivity index (χ0) is 24.4. The summed E-state index contributed by atoms with van der Waals surface area (Å²) in [6, 6.07) is 8.90. The highest BCUT2D eigenvalue weighted by Crippen LogP contribution is 2.44. The van der Waals surface area contributed by atoms with E-state index in [0.29, 0.717) is 23.6 Å². The average molecular weight is 483 g/mol. The number of hydrogen-bond donors (Lipinski definition) is 1. The van der Waals surface area contributed by atoms with Crippen molar-refractivity contribution in [2.24, 2.45) is 0 Å². The molecular weight excluding hydrogens is 460 g/mol. The fourth-order valence-electron chi connectivity index (χ4n) is 3.65. The minimum absolute atomic E-state index is 0.0230. The molecule has 0 fully saturated rings. The molecule has 3 aromatic rings. The number of thiazole rings is 1. The third-order valence-electron chi connectivity index (χ3n) is 5.21. The number of benzene rings is 1. The Labute approximate surface area is 199 Å². The lowest BCUT2D eigenvalue weighted by molar-refractivity contribution is -0.117. The smallest absolute Gasteiger partial charge is 0.350 e. The van der Waals surface area contributed by atoms with Gasteiger partial charge in [0.05, 0.1) is 37.3 Å². The molecule has 1 amide bonds. The van der Waals surface area contributed by atoms with Crippen molar-refractivity contribution in [2.45, 2.75) is 26.3 Å². The lowest BCUT2D eigenvalue weighted by atomic mass is 9.95. The minimum atomic E-state index is -1.02. The van der Waals surface area contributed by atoms with E-state index in [1.807, 2.05) is 6.92 Å². The Morgan fingerprint density at radius 3 is 2.74 bits per heavy atom. The van der Waals surface area contributed by atoms with Crippen LogP contribution in [-0.2, 0) is 9.53 Å². The molecule has 0 saturated carbocycles. The number of methoxy groups -OCH3 is 1. The number of rotatable bonds is 8. The van der Waals surface area contributed by atoms with Gasteiger partial charge in [-0.3, -0.25) is 14.5 Å². The predicted octanol–water partition coefficient (Wildman–Crippen LogP) is 4.40. The van der Waals surface area contributed by atoms with E-state index in [0.717, 1.165) is 17.8 Å². The molecule has 0 saturated heterocycles. The predicted molar refractivity (Wildman–Crippen MR) is 123 cm³/mol. The molecule has 1 unspecified atom stereocenters. The van der Waals surface area contributed by atoms with Crippen molar-refractivity contribution in [2.75, 3.05) is 18.6 Å². The molecule has 0 spiro atoms. The van der Waals surface area contributed by atoms with Crippen LogP contribution in [0.25, 0.3) is 0 Å². The molecule has 0 aliphatic carbocycles. The van der Waals surface area contributed by atoms with Gasteiger partial charge in [-0.15, -0.1) is 0 Å². The Morgan fingerprint density at radius 1 is 1.26 bits per heavy atom. The van der Waals surface area contributed by atoms with Crippen LogP contribution in [-0.4, -0.2) is 41.5 Å². The van der Waals surface area contributed by atoms with E-state index in [4.69, 9.17) is 13.9 Å². The van der Waals surface area contributed by atoms with Crippen LogP contribution in [0.2, 0.25) is 0 Å². The maximum atomic E-state index is 13.3. The van der Waals surface area contributed by atoms with E-state index in [9.17, 15) is 19.5 Å². The minimum Gasteiger partial charge on any atom is -0.503 e. The van der Waals surface area contributed by atoms with Crippen LogP contribution in [0.5, 0.6) is 5.75 Å². The second kappa shape index (κ2) is 9.52. The first-order chi connectivity index (χ1) is 16.4. The number of aromatic nitrogens is 1. The number of furan rings is 1. The molecular formula is C24H22N2O7S. The van der Waals surface area contributed by atoms with E-state index >= 15 is 0 Å². The van der Waals surface area contributed by atoms with Crippen molar-refractivity contribution in [1.82, 2.24) is 4.98 Å². The van der Waals surface area contributed by atoms with E-state index in [2.05, 4.69) is 4.98 Å². The van der Waals surface area contributed by atoms with Gasteiger partial charge in [0, 0.05) is 0 Å². The van der Waals surface area contributed by atoms with Crippen LogP contribution in [0.4, 0.5) is 5.13 Å². The molecule has 10 heteroatoms. The lowest BCUT2D eigenvalue weighted by Gasteiger charge is -2.24. The summed E-state index contributed by atoms with van der Waals surface area (Å²) >= 11 is 0.939. The fourth-order valence-corrected chi connectivity index (χ4v) is 4.66. The van der Waals surface area contributed by atoms with Gasteiger partial charge in [0.25, 0.3) is 5.91 Å². The van der Waals surface area contributed by atoms with Gasteiger partial charge in [-0.25, -0.2) is 9.78 Å². The molecule has 4 rings (SSSR count). The summed E-state index contributed by atoms with van der Waals surface area (Å²) in [4.78, 5) is 44.5. The summed E-state index contributed by atoms with van der Waals surface area (Å²) in [5, 5.41) is 11.0. The Morgan fingerprint density at radius 2 is 2.06 bits per heavy atom. The standard InChI is InChI=1S/C24H22N2O7S/c1-4-10-32-15-8-5-7-14(12-15)18-17(19(27)16-9-6-11-33-16)20(28)22(29)26(18)24-25-13(2)21(34-24)23(30)31-3/h5-9,11-12,18,28H,4,10H2,1-3H3. The molecule has 0 bridgehead atoms. The Kier molecular flexibility index (Phi) is 6.51. The van der Waals surface area contributed by atoms with Crippen molar-refractivity contribution in [3.63, 3.8) is 0 Å². The van der Waals surface area contributed by atoms with Gasteiger partial charge < -0.3 is 19.0 Å². The molecule has 2 aromatic heterocycles. The van der Waals surface area contributed by atoms with E-state index in [1.54, 1.807) is 37.3 Å². The molecule has 176 valence electrons. The van der Waals surface area contributed by atoms with Crippen LogP contribution < -0.4 is 9.64 Å². The van der Waals surface area contributed by atoms with Crippen molar-refractivity contribution in [3.8, 4) is 5.75 Å². The van der Waals surface area contributed by atoms with Crippen LogP contribution in [0.1, 0.15) is 50.9 Å². The van der Waals surface area contributed by atoms with Gasteiger partial charge in [0.2, 0.25) is 5.78 Å². The maximum Gasteiger partial charge on any atom is 0.350 e. The van der Waals surface area contributed by atoms with Crippen molar-refractivity contribution < 1.29 is 33.4 Å². The number of anilines is 1. The van der Waals surface area contributed by atoms with Gasteiger partial charge >= 0.3 is 5.97 Å². The molecule has 0 radical (unpaired) electrons. The number of ether oxygens (including phenoxy) is 2. The Balaban J connectivity index is 1.85. The number of aryl methyl sites for hydroxylation is 1. The summed E-state index contributed by atoms with van der Waals surface area (Å²) in [6.45, 7) is 4.08. The van der Waals surface area contributed by atoms with Crippen LogP contribution in [0.3, 0.4) is 0 Å². The van der Waals surface area contributed by atoms with E-state index in [-0.39, 0.29) is 21.3 Å². The van der Waals surface area contributed by atoms with Crippen LogP contribution in [0, 0.1) is 6.92 Å².